The molecule has 2 fully saturated rings. The van der Waals surface area contributed by atoms with Gasteiger partial charge in [0.1, 0.15) is 23.4 Å². The Morgan fingerprint density at radius 3 is 2.59 bits per heavy atom. The Hall–Kier alpha value is -2.74. The van der Waals surface area contributed by atoms with Gasteiger partial charge in [-0.15, -0.1) is 0 Å². The highest BCUT2D eigenvalue weighted by Crippen LogP contribution is 2.41. The van der Waals surface area contributed by atoms with Crippen LogP contribution in [0.3, 0.4) is 0 Å². The number of rotatable bonds is 5. The minimum Gasteiger partial charge on any atom is -0.484 e. The summed E-state index contributed by atoms with van der Waals surface area (Å²) in [4.78, 5) is 10.9. The lowest BCUT2D eigenvalue weighted by atomic mass is 10.0. The summed E-state index contributed by atoms with van der Waals surface area (Å²) in [7, 11) is 0. The summed E-state index contributed by atoms with van der Waals surface area (Å²) in [6, 6.07) is 5.00. The lowest BCUT2D eigenvalue weighted by Gasteiger charge is -2.39. The summed E-state index contributed by atoms with van der Waals surface area (Å²) < 4.78 is 25.8. The maximum Gasteiger partial charge on any atom is 0.232 e. The summed E-state index contributed by atoms with van der Waals surface area (Å²) >= 11 is 0. The van der Waals surface area contributed by atoms with E-state index >= 15 is 0 Å². The van der Waals surface area contributed by atoms with Gasteiger partial charge in [0.15, 0.2) is 11.6 Å². The maximum absolute atomic E-state index is 14.3. The third-order valence-electron chi connectivity index (χ3n) is 5.57. The molecule has 4 rings (SSSR count). The number of hydrogen-bond donors (Lipinski definition) is 2. The van der Waals surface area contributed by atoms with Gasteiger partial charge >= 0.3 is 0 Å². The van der Waals surface area contributed by atoms with Crippen LogP contribution in [0.4, 0.5) is 15.9 Å². The molecule has 4 N–H and O–H groups in total. The van der Waals surface area contributed by atoms with Gasteiger partial charge in [0.2, 0.25) is 5.71 Å². The van der Waals surface area contributed by atoms with E-state index in [0.717, 1.165) is 18.7 Å². The van der Waals surface area contributed by atoms with Crippen LogP contribution in [0.5, 0.6) is 5.75 Å². The number of benzene rings is 1. The molecule has 1 saturated heterocycles. The lowest BCUT2D eigenvalue weighted by Crippen LogP contribution is -2.50. The Labute approximate surface area is 169 Å². The molecule has 2 aromatic rings. The number of halogens is 1. The number of hydrogen-bond acceptors (Lipinski definition) is 6. The van der Waals surface area contributed by atoms with Gasteiger partial charge in [-0.25, -0.2) is 14.4 Å². The first-order valence-electron chi connectivity index (χ1n) is 9.87. The predicted octanol–water partition coefficient (Wildman–Crippen LogP) is 1.34. The third-order valence-corrected chi connectivity index (χ3v) is 5.57. The average Bonchev–Trinajstić information content (AvgIpc) is 3.40. The highest BCUT2D eigenvalue weighted by atomic mass is 19.1. The van der Waals surface area contributed by atoms with Gasteiger partial charge in [-0.2, -0.15) is 0 Å². The van der Waals surface area contributed by atoms with Crippen molar-refractivity contribution < 1.29 is 19.3 Å². The third kappa shape index (κ3) is 3.89. The van der Waals surface area contributed by atoms with E-state index in [-0.39, 0.29) is 29.1 Å². The van der Waals surface area contributed by atoms with E-state index in [1.165, 1.54) is 12.4 Å². The van der Waals surface area contributed by atoms with Gasteiger partial charge in [0, 0.05) is 17.8 Å². The van der Waals surface area contributed by atoms with Gasteiger partial charge < -0.3 is 20.1 Å². The largest absolute Gasteiger partial charge is 0.484 e. The van der Waals surface area contributed by atoms with Crippen LogP contribution in [0.15, 0.2) is 24.5 Å². The summed E-state index contributed by atoms with van der Waals surface area (Å²) in [6.45, 7) is 7.40. The first-order valence-corrected chi connectivity index (χ1v) is 9.87. The smallest absolute Gasteiger partial charge is 0.232 e. The fourth-order valence-electron chi connectivity index (χ4n) is 3.65. The van der Waals surface area contributed by atoms with Crippen molar-refractivity contribution in [2.75, 3.05) is 23.8 Å². The zero-order valence-corrected chi connectivity index (χ0v) is 17.0. The monoisotopic (exact) mass is 400 g/mol. The highest BCUT2D eigenvalue weighted by molar-refractivity contribution is 6.11. The van der Waals surface area contributed by atoms with E-state index < -0.39 is 5.82 Å². The summed E-state index contributed by atoms with van der Waals surface area (Å²) in [5.41, 5.74) is 7.37. The zero-order chi connectivity index (χ0) is 20.8. The van der Waals surface area contributed by atoms with Gasteiger partial charge in [-0.1, -0.05) is 0 Å². The van der Waals surface area contributed by atoms with Crippen LogP contribution in [0.1, 0.15) is 44.9 Å². The molecule has 2 heterocycles. The van der Waals surface area contributed by atoms with Crippen LogP contribution >= 0.6 is 0 Å². The molecule has 0 radical (unpaired) electrons. The molecule has 8 heteroatoms. The molecule has 1 aromatic heterocycles. The first kappa shape index (κ1) is 19.6. The van der Waals surface area contributed by atoms with Crippen molar-refractivity contribution in [2.45, 2.75) is 51.3 Å². The molecule has 1 aromatic carbocycles. The second kappa shape index (κ2) is 7.26. The zero-order valence-electron chi connectivity index (χ0n) is 17.0. The molecule has 0 bridgehead atoms. The van der Waals surface area contributed by atoms with E-state index in [9.17, 15) is 4.39 Å². The second-order valence-electron chi connectivity index (χ2n) is 8.24. The molecule has 0 unspecified atom stereocenters. The van der Waals surface area contributed by atoms with E-state index in [2.05, 4.69) is 28.7 Å². The molecule has 1 aliphatic heterocycles. The fourth-order valence-corrected chi connectivity index (χ4v) is 3.65. The van der Waals surface area contributed by atoms with Gasteiger partial charge in [0.25, 0.3) is 0 Å². The van der Waals surface area contributed by atoms with E-state index in [4.69, 9.17) is 20.6 Å². The Morgan fingerprint density at radius 1 is 1.24 bits per heavy atom. The summed E-state index contributed by atoms with van der Waals surface area (Å²) in [5, 5.41) is 6.41. The van der Waals surface area contributed by atoms with E-state index in [1.54, 1.807) is 6.07 Å². The van der Waals surface area contributed by atoms with Crippen molar-refractivity contribution in [1.82, 2.24) is 9.97 Å². The Kier molecular flexibility index (Phi) is 4.90. The molecule has 1 saturated carbocycles. The summed E-state index contributed by atoms with van der Waals surface area (Å²) in [6.07, 6.45) is 3.28. The van der Waals surface area contributed by atoms with Crippen LogP contribution in [-0.2, 0) is 4.74 Å². The van der Waals surface area contributed by atoms with Crippen molar-refractivity contribution in [2.24, 2.45) is 0 Å². The number of nitrogens with zero attached hydrogens (tertiary/aromatic N) is 3. The Bertz CT molecular complexity index is 937. The molecule has 0 spiro atoms. The number of nitrogen functional groups attached to an aromatic ring is 1. The number of morpholine rings is 1. The molecule has 2 aliphatic rings. The minimum absolute atomic E-state index is 0.154. The van der Waals surface area contributed by atoms with Crippen LogP contribution in [0, 0.1) is 5.82 Å². The first-order chi connectivity index (χ1) is 13.8. The van der Waals surface area contributed by atoms with Crippen LogP contribution in [0.25, 0.3) is 0 Å². The van der Waals surface area contributed by atoms with Crippen molar-refractivity contribution in [3.63, 3.8) is 0 Å². The standard InChI is InChI=1S/C21H26FN5O2/c1-12-9-28-10-13(2)27(12)19-8-17(25-11-26-19)20(24)14-6-18(15(22)7-16(14)23)29-21(3)4-5-21/h6-8,11-13,24H,4-5,9-10,23H2,1-3H3/p+1/t12-,13-/m1/s1. The predicted molar refractivity (Wildman–Crippen MR) is 108 cm³/mol. The minimum atomic E-state index is -0.494. The molecule has 1 aliphatic carbocycles. The van der Waals surface area contributed by atoms with Crippen LogP contribution in [-0.4, -0.2) is 46.6 Å². The van der Waals surface area contributed by atoms with Gasteiger partial charge in [-0.3, -0.25) is 5.41 Å². The number of nitrogens with two attached hydrogens (primary N) is 2. The SMILES string of the molecule is C[C@@H]1COC[C@@H](C)N1c1cc(C(=[NH2+])c2cc(OC3(C)CC3)c(F)cc2N)ncn1. The maximum atomic E-state index is 14.3. The van der Waals surface area contributed by atoms with Crippen LogP contribution < -0.4 is 20.8 Å². The topological polar surface area (TPSA) is 99.1 Å². The summed E-state index contributed by atoms with van der Waals surface area (Å²) in [5.74, 6) is 0.428. The van der Waals surface area contributed by atoms with Crippen molar-refractivity contribution in [3.05, 3.63) is 41.6 Å². The number of anilines is 2. The molecule has 2 atom stereocenters. The molecular weight excluding hydrogens is 373 g/mol. The fraction of sp³-hybridized carbons (Fsp3) is 0.476. The number of ether oxygens (including phenoxy) is 2. The molecule has 154 valence electrons. The van der Waals surface area contributed by atoms with Crippen molar-refractivity contribution >= 4 is 17.2 Å². The molecule has 29 heavy (non-hydrogen) atoms. The number of aromatic nitrogens is 2. The normalized spacial score (nSPS) is 23.0. The molecule has 7 nitrogen and oxygen atoms in total. The van der Waals surface area contributed by atoms with Gasteiger partial charge in [-0.05, 0) is 39.7 Å². The van der Waals surface area contributed by atoms with E-state index in [0.29, 0.717) is 30.2 Å². The average molecular weight is 400 g/mol. The Balaban J connectivity index is 1.65. The highest BCUT2D eigenvalue weighted by Gasteiger charge is 2.41. The van der Waals surface area contributed by atoms with Crippen molar-refractivity contribution in [3.8, 4) is 5.75 Å². The van der Waals surface area contributed by atoms with Crippen LogP contribution in [0.2, 0.25) is 0 Å². The van der Waals surface area contributed by atoms with Crippen molar-refractivity contribution in [1.29, 1.82) is 0 Å². The van der Waals surface area contributed by atoms with Gasteiger partial charge in [0.05, 0.1) is 30.9 Å². The van der Waals surface area contributed by atoms with E-state index in [1.807, 2.05) is 13.0 Å². The molecular formula is C21H27FN5O2+. The quantitative estimate of drug-likeness (QED) is 0.581. The molecule has 0 amide bonds. The second-order valence-corrected chi connectivity index (χ2v) is 8.24. The Morgan fingerprint density at radius 2 is 1.93 bits per heavy atom. The lowest BCUT2D eigenvalue weighted by molar-refractivity contribution is -0.111.